The highest BCUT2D eigenvalue weighted by Gasteiger charge is 2.14. The van der Waals surface area contributed by atoms with Crippen LogP contribution in [0.15, 0.2) is 23.0 Å². The van der Waals surface area contributed by atoms with Gasteiger partial charge in [0, 0.05) is 12.7 Å². The minimum absolute atomic E-state index is 0.232. The molecular formula is C14H17N5O2. The first-order valence-electron chi connectivity index (χ1n) is 6.89. The number of nitrogens with zero attached hydrogens (tertiary/aromatic N) is 2. The second kappa shape index (κ2) is 5.43. The third kappa shape index (κ3) is 2.96. The van der Waals surface area contributed by atoms with Gasteiger partial charge in [-0.25, -0.2) is 14.7 Å². The Balaban J connectivity index is 1.64. The number of aromatic nitrogens is 3. The molecule has 2 aromatic rings. The molecule has 0 saturated carbocycles. The summed E-state index contributed by atoms with van der Waals surface area (Å²) in [6, 6.07) is 5.79. The Morgan fingerprint density at radius 1 is 1.38 bits per heavy atom. The number of rotatable bonds is 3. The van der Waals surface area contributed by atoms with Crippen molar-refractivity contribution in [3.63, 3.8) is 0 Å². The third-order valence-electron chi connectivity index (χ3n) is 3.63. The zero-order chi connectivity index (χ0) is 14.8. The van der Waals surface area contributed by atoms with Gasteiger partial charge in [-0.2, -0.15) is 5.10 Å². The standard InChI is InChI=1S/C14H17N5O2/c1-19(8-12-16-13(20)18-17-12)14(21)15-11-6-5-9-3-2-4-10(9)7-11/h5-7H,2-4,8H2,1H3,(H,15,21)(H2,16,17,18,20). The van der Waals surface area contributed by atoms with E-state index < -0.39 is 0 Å². The first-order valence-corrected chi connectivity index (χ1v) is 6.89. The van der Waals surface area contributed by atoms with Gasteiger partial charge in [0.05, 0.1) is 6.54 Å². The predicted molar refractivity (Wildman–Crippen MR) is 78.2 cm³/mol. The molecule has 1 aliphatic carbocycles. The molecule has 7 nitrogen and oxygen atoms in total. The summed E-state index contributed by atoms with van der Waals surface area (Å²) in [6.45, 7) is 0.232. The van der Waals surface area contributed by atoms with Crippen molar-refractivity contribution < 1.29 is 4.79 Å². The minimum atomic E-state index is -0.377. The van der Waals surface area contributed by atoms with Crippen molar-refractivity contribution in [3.05, 3.63) is 45.6 Å². The first-order chi connectivity index (χ1) is 10.1. The van der Waals surface area contributed by atoms with Crippen LogP contribution in [0, 0.1) is 0 Å². The summed E-state index contributed by atoms with van der Waals surface area (Å²) >= 11 is 0. The number of H-pyrrole nitrogens is 2. The van der Waals surface area contributed by atoms with E-state index >= 15 is 0 Å². The Morgan fingerprint density at radius 3 is 2.95 bits per heavy atom. The van der Waals surface area contributed by atoms with Crippen molar-refractivity contribution in [2.45, 2.75) is 25.8 Å². The number of hydrogen-bond donors (Lipinski definition) is 3. The highest BCUT2D eigenvalue weighted by molar-refractivity contribution is 5.89. The van der Waals surface area contributed by atoms with Gasteiger partial charge in [-0.1, -0.05) is 6.07 Å². The first kappa shape index (κ1) is 13.4. The van der Waals surface area contributed by atoms with Crippen LogP contribution in [0.25, 0.3) is 0 Å². The van der Waals surface area contributed by atoms with Crippen molar-refractivity contribution in [2.24, 2.45) is 0 Å². The molecule has 0 unspecified atom stereocenters. The second-order valence-electron chi connectivity index (χ2n) is 5.25. The lowest BCUT2D eigenvalue weighted by Crippen LogP contribution is -2.31. The summed E-state index contributed by atoms with van der Waals surface area (Å²) in [5.74, 6) is 0.423. The molecule has 1 aliphatic rings. The number of nitrogens with one attached hydrogen (secondary N) is 3. The van der Waals surface area contributed by atoms with Crippen LogP contribution < -0.4 is 11.0 Å². The Kier molecular flexibility index (Phi) is 3.47. The molecule has 0 fully saturated rings. The van der Waals surface area contributed by atoms with Gasteiger partial charge < -0.3 is 10.2 Å². The van der Waals surface area contributed by atoms with Gasteiger partial charge in [0.15, 0.2) is 5.82 Å². The van der Waals surface area contributed by atoms with E-state index in [0.29, 0.717) is 5.82 Å². The molecule has 1 heterocycles. The normalized spacial score (nSPS) is 13.0. The van der Waals surface area contributed by atoms with Crippen molar-refractivity contribution in [1.82, 2.24) is 20.1 Å². The smallest absolute Gasteiger partial charge is 0.320 e. The van der Waals surface area contributed by atoms with Crippen LogP contribution in [-0.4, -0.2) is 33.2 Å². The lowest BCUT2D eigenvalue weighted by atomic mass is 10.1. The highest BCUT2D eigenvalue weighted by atomic mass is 16.2. The fourth-order valence-electron chi connectivity index (χ4n) is 2.55. The number of aryl methyl sites for hydroxylation is 2. The topological polar surface area (TPSA) is 93.9 Å². The Bertz CT molecular complexity index is 718. The van der Waals surface area contributed by atoms with Crippen molar-refractivity contribution in [3.8, 4) is 0 Å². The van der Waals surface area contributed by atoms with E-state index in [-0.39, 0.29) is 18.3 Å². The summed E-state index contributed by atoms with van der Waals surface area (Å²) in [7, 11) is 1.65. The van der Waals surface area contributed by atoms with E-state index in [1.54, 1.807) is 7.05 Å². The molecule has 0 bridgehead atoms. The summed E-state index contributed by atoms with van der Waals surface area (Å²) < 4.78 is 0. The summed E-state index contributed by atoms with van der Waals surface area (Å²) in [5.41, 5.74) is 3.10. The van der Waals surface area contributed by atoms with Crippen molar-refractivity contribution in [1.29, 1.82) is 0 Å². The number of carbonyl (C=O) groups excluding carboxylic acids is 1. The number of carbonyl (C=O) groups is 1. The molecule has 0 spiro atoms. The number of hydrogen-bond acceptors (Lipinski definition) is 3. The van der Waals surface area contributed by atoms with Crippen LogP contribution >= 0.6 is 0 Å². The van der Waals surface area contributed by atoms with Crippen molar-refractivity contribution >= 4 is 11.7 Å². The fourth-order valence-corrected chi connectivity index (χ4v) is 2.55. The summed E-state index contributed by atoms with van der Waals surface area (Å²) in [6.07, 6.45) is 3.37. The maximum Gasteiger partial charge on any atom is 0.340 e. The van der Waals surface area contributed by atoms with Crippen LogP contribution in [0.4, 0.5) is 10.5 Å². The van der Waals surface area contributed by atoms with Gasteiger partial charge in [-0.3, -0.25) is 4.98 Å². The molecule has 0 atom stereocenters. The minimum Gasteiger partial charge on any atom is -0.320 e. The number of anilines is 1. The predicted octanol–water partition coefficient (Wildman–Crippen LogP) is 1.25. The molecule has 7 heteroatoms. The van der Waals surface area contributed by atoms with Crippen LogP contribution in [0.3, 0.4) is 0 Å². The van der Waals surface area contributed by atoms with Gasteiger partial charge in [-0.15, -0.1) is 0 Å². The lowest BCUT2D eigenvalue weighted by molar-refractivity contribution is 0.219. The van der Waals surface area contributed by atoms with Gasteiger partial charge in [-0.05, 0) is 42.5 Å². The maximum atomic E-state index is 12.1. The maximum absolute atomic E-state index is 12.1. The Labute approximate surface area is 121 Å². The van der Waals surface area contributed by atoms with E-state index in [2.05, 4.69) is 26.6 Å². The number of benzene rings is 1. The van der Waals surface area contributed by atoms with E-state index in [4.69, 9.17) is 0 Å². The SMILES string of the molecule is CN(Cc1n[nH]c(=O)[nH]1)C(=O)Nc1ccc2c(c1)CCC2. The zero-order valence-electron chi connectivity index (χ0n) is 11.8. The van der Waals surface area contributed by atoms with Crippen LogP contribution in [0.5, 0.6) is 0 Å². The van der Waals surface area contributed by atoms with Crippen LogP contribution in [-0.2, 0) is 19.4 Å². The van der Waals surface area contributed by atoms with Gasteiger partial charge >= 0.3 is 11.7 Å². The molecule has 3 rings (SSSR count). The van der Waals surface area contributed by atoms with E-state index in [0.717, 1.165) is 18.5 Å². The molecule has 1 aromatic heterocycles. The number of urea groups is 1. The Morgan fingerprint density at radius 2 is 2.19 bits per heavy atom. The molecule has 2 amide bonds. The molecular weight excluding hydrogens is 270 g/mol. The molecule has 0 aliphatic heterocycles. The average Bonchev–Trinajstić information content (AvgIpc) is 3.07. The fraction of sp³-hybridized carbons (Fsp3) is 0.357. The second-order valence-corrected chi connectivity index (χ2v) is 5.25. The lowest BCUT2D eigenvalue weighted by Gasteiger charge is -2.16. The van der Waals surface area contributed by atoms with Gasteiger partial charge in [0.1, 0.15) is 0 Å². The van der Waals surface area contributed by atoms with Crippen molar-refractivity contribution in [2.75, 3.05) is 12.4 Å². The average molecular weight is 287 g/mol. The largest absolute Gasteiger partial charge is 0.340 e. The number of aromatic amines is 2. The number of amides is 2. The van der Waals surface area contributed by atoms with E-state index in [1.807, 2.05) is 12.1 Å². The molecule has 0 radical (unpaired) electrons. The molecule has 110 valence electrons. The van der Waals surface area contributed by atoms with Crippen LogP contribution in [0.2, 0.25) is 0 Å². The highest BCUT2D eigenvalue weighted by Crippen LogP contribution is 2.24. The van der Waals surface area contributed by atoms with Gasteiger partial charge in [0.2, 0.25) is 0 Å². The number of fused-ring (bicyclic) bond motifs is 1. The third-order valence-corrected chi connectivity index (χ3v) is 3.63. The molecule has 21 heavy (non-hydrogen) atoms. The van der Waals surface area contributed by atoms with Gasteiger partial charge in [0.25, 0.3) is 0 Å². The molecule has 0 saturated heterocycles. The summed E-state index contributed by atoms with van der Waals surface area (Å²) in [5, 5.41) is 8.90. The molecule has 1 aromatic carbocycles. The monoisotopic (exact) mass is 287 g/mol. The summed E-state index contributed by atoms with van der Waals surface area (Å²) in [4.78, 5) is 27.0. The Hall–Kier alpha value is -2.57. The van der Waals surface area contributed by atoms with Crippen LogP contribution in [0.1, 0.15) is 23.4 Å². The van der Waals surface area contributed by atoms with E-state index in [1.165, 1.54) is 22.4 Å². The zero-order valence-corrected chi connectivity index (χ0v) is 11.8. The molecule has 3 N–H and O–H groups in total. The van der Waals surface area contributed by atoms with E-state index in [9.17, 15) is 9.59 Å². The quantitative estimate of drug-likeness (QED) is 0.793.